The van der Waals surface area contributed by atoms with Gasteiger partial charge in [0.2, 0.25) is 0 Å². The van der Waals surface area contributed by atoms with Crippen molar-refractivity contribution in [1.29, 1.82) is 0 Å². The first-order valence-electron chi connectivity index (χ1n) is 5.51. The second-order valence-electron chi connectivity index (χ2n) is 4.24. The molecule has 0 amide bonds. The molecule has 1 aromatic carbocycles. The highest BCUT2D eigenvalue weighted by atomic mass is 32.2. The third-order valence-electron chi connectivity index (χ3n) is 2.58. The summed E-state index contributed by atoms with van der Waals surface area (Å²) in [4.78, 5) is 10.3. The predicted octanol–water partition coefficient (Wildman–Crippen LogP) is 1.48. The van der Waals surface area contributed by atoms with Gasteiger partial charge in [0, 0.05) is 25.6 Å². The SMILES string of the molecule is Cn1cc(Nc2ccc(S(C)(=O)=O)cc2[N+](=O)[O-])cn1. The number of nitro groups is 1. The van der Waals surface area contributed by atoms with Gasteiger partial charge < -0.3 is 5.32 Å². The number of benzene rings is 1. The molecule has 20 heavy (non-hydrogen) atoms. The molecular weight excluding hydrogens is 284 g/mol. The molecule has 2 aromatic rings. The molecular formula is C11H12N4O4S. The molecule has 0 spiro atoms. The minimum atomic E-state index is -3.49. The number of anilines is 2. The number of rotatable bonds is 4. The Labute approximate surface area is 115 Å². The Bertz CT molecular complexity index is 766. The summed E-state index contributed by atoms with van der Waals surface area (Å²) in [6, 6.07) is 3.72. The Balaban J connectivity index is 2.45. The standard InChI is InChI=1S/C11H12N4O4S/c1-14-7-8(6-12-14)13-10-4-3-9(20(2,18)19)5-11(10)15(16)17/h3-7,13H,1-2H3. The zero-order valence-corrected chi connectivity index (χ0v) is 11.6. The molecule has 0 radical (unpaired) electrons. The molecule has 8 nitrogen and oxygen atoms in total. The van der Waals surface area contributed by atoms with Crippen LogP contribution in [0.25, 0.3) is 0 Å². The van der Waals surface area contributed by atoms with Gasteiger partial charge in [0.1, 0.15) is 5.69 Å². The Kier molecular flexibility index (Phi) is 3.45. The van der Waals surface area contributed by atoms with Crippen molar-refractivity contribution in [3.05, 3.63) is 40.7 Å². The molecule has 0 fully saturated rings. The summed E-state index contributed by atoms with van der Waals surface area (Å²) in [6.45, 7) is 0. The zero-order valence-electron chi connectivity index (χ0n) is 10.8. The van der Waals surface area contributed by atoms with Crippen LogP contribution in [0.5, 0.6) is 0 Å². The van der Waals surface area contributed by atoms with Crippen molar-refractivity contribution < 1.29 is 13.3 Å². The van der Waals surface area contributed by atoms with Crippen LogP contribution < -0.4 is 5.32 Å². The van der Waals surface area contributed by atoms with Crippen molar-refractivity contribution in [3.8, 4) is 0 Å². The van der Waals surface area contributed by atoms with E-state index in [4.69, 9.17) is 0 Å². The number of aryl methyl sites for hydroxylation is 1. The topological polar surface area (TPSA) is 107 Å². The van der Waals surface area contributed by atoms with Crippen molar-refractivity contribution in [2.24, 2.45) is 7.05 Å². The molecule has 0 unspecified atom stereocenters. The van der Waals surface area contributed by atoms with Crippen LogP contribution in [0, 0.1) is 10.1 Å². The van der Waals surface area contributed by atoms with Gasteiger partial charge in [-0.1, -0.05) is 0 Å². The molecule has 1 N–H and O–H groups in total. The third-order valence-corrected chi connectivity index (χ3v) is 3.69. The Morgan fingerprint density at radius 1 is 1.40 bits per heavy atom. The second kappa shape index (κ2) is 4.93. The van der Waals surface area contributed by atoms with Gasteiger partial charge in [0.15, 0.2) is 9.84 Å². The number of hydrogen-bond donors (Lipinski definition) is 1. The summed E-state index contributed by atoms with van der Waals surface area (Å²) in [5.74, 6) is 0. The van der Waals surface area contributed by atoms with E-state index < -0.39 is 14.8 Å². The van der Waals surface area contributed by atoms with Gasteiger partial charge >= 0.3 is 0 Å². The Morgan fingerprint density at radius 2 is 2.10 bits per heavy atom. The van der Waals surface area contributed by atoms with E-state index in [0.29, 0.717) is 5.69 Å². The van der Waals surface area contributed by atoms with Gasteiger partial charge in [-0.05, 0) is 12.1 Å². The van der Waals surface area contributed by atoms with Gasteiger partial charge in [-0.3, -0.25) is 14.8 Å². The fraction of sp³-hybridized carbons (Fsp3) is 0.182. The number of aromatic nitrogens is 2. The van der Waals surface area contributed by atoms with Gasteiger partial charge in [-0.15, -0.1) is 0 Å². The van der Waals surface area contributed by atoms with Crippen molar-refractivity contribution in [3.63, 3.8) is 0 Å². The minimum absolute atomic E-state index is 0.0964. The van der Waals surface area contributed by atoms with E-state index in [-0.39, 0.29) is 16.3 Å². The van der Waals surface area contributed by atoms with Crippen LogP contribution in [0.2, 0.25) is 0 Å². The summed E-state index contributed by atoms with van der Waals surface area (Å²) >= 11 is 0. The van der Waals surface area contributed by atoms with Gasteiger partial charge in [-0.25, -0.2) is 8.42 Å². The number of nitrogens with zero attached hydrogens (tertiary/aromatic N) is 3. The second-order valence-corrected chi connectivity index (χ2v) is 6.25. The first-order chi connectivity index (χ1) is 9.27. The fourth-order valence-electron chi connectivity index (χ4n) is 1.64. The molecule has 0 saturated carbocycles. The molecule has 0 saturated heterocycles. The van der Waals surface area contributed by atoms with Crippen LogP contribution in [0.1, 0.15) is 0 Å². The average Bonchev–Trinajstić information content (AvgIpc) is 2.73. The van der Waals surface area contributed by atoms with Gasteiger partial charge in [0.05, 0.1) is 21.7 Å². The van der Waals surface area contributed by atoms with Crippen molar-refractivity contribution >= 4 is 26.9 Å². The molecule has 0 aliphatic carbocycles. The molecule has 1 aromatic heterocycles. The van der Waals surface area contributed by atoms with Crippen LogP contribution in [-0.2, 0) is 16.9 Å². The maximum Gasteiger partial charge on any atom is 0.293 e. The lowest BCUT2D eigenvalue weighted by Crippen LogP contribution is -2.01. The Morgan fingerprint density at radius 3 is 2.60 bits per heavy atom. The lowest BCUT2D eigenvalue weighted by atomic mass is 10.2. The van der Waals surface area contributed by atoms with Crippen LogP contribution in [0.3, 0.4) is 0 Å². The number of sulfone groups is 1. The summed E-state index contributed by atoms with van der Waals surface area (Å²) in [5, 5.41) is 17.8. The highest BCUT2D eigenvalue weighted by Gasteiger charge is 2.19. The van der Waals surface area contributed by atoms with E-state index in [9.17, 15) is 18.5 Å². The molecule has 2 rings (SSSR count). The van der Waals surface area contributed by atoms with Crippen LogP contribution in [-0.4, -0.2) is 29.4 Å². The molecule has 0 aliphatic rings. The van der Waals surface area contributed by atoms with E-state index in [0.717, 1.165) is 12.3 Å². The van der Waals surface area contributed by atoms with E-state index in [2.05, 4.69) is 10.4 Å². The first kappa shape index (κ1) is 14.0. The maximum atomic E-state index is 11.4. The third kappa shape index (κ3) is 2.94. The monoisotopic (exact) mass is 296 g/mol. The summed E-state index contributed by atoms with van der Waals surface area (Å²) < 4.78 is 24.4. The number of nitro benzene ring substituents is 1. The molecule has 0 bridgehead atoms. The largest absolute Gasteiger partial charge is 0.347 e. The first-order valence-corrected chi connectivity index (χ1v) is 7.40. The van der Waals surface area contributed by atoms with Crippen molar-refractivity contribution in [2.75, 3.05) is 11.6 Å². The van der Waals surface area contributed by atoms with E-state index in [1.807, 2.05) is 0 Å². The molecule has 0 aliphatic heterocycles. The molecule has 106 valence electrons. The van der Waals surface area contributed by atoms with Crippen LogP contribution in [0.15, 0.2) is 35.5 Å². The number of hydrogen-bond acceptors (Lipinski definition) is 6. The van der Waals surface area contributed by atoms with E-state index >= 15 is 0 Å². The quantitative estimate of drug-likeness (QED) is 0.676. The zero-order chi connectivity index (χ0) is 14.9. The molecule has 0 atom stereocenters. The van der Waals surface area contributed by atoms with Crippen molar-refractivity contribution in [1.82, 2.24) is 9.78 Å². The van der Waals surface area contributed by atoms with Crippen LogP contribution >= 0.6 is 0 Å². The predicted molar refractivity (Wildman–Crippen MR) is 72.7 cm³/mol. The van der Waals surface area contributed by atoms with E-state index in [1.54, 1.807) is 17.9 Å². The van der Waals surface area contributed by atoms with E-state index in [1.165, 1.54) is 18.3 Å². The van der Waals surface area contributed by atoms with Crippen molar-refractivity contribution in [2.45, 2.75) is 4.90 Å². The number of nitrogens with one attached hydrogen (secondary N) is 1. The highest BCUT2D eigenvalue weighted by Crippen LogP contribution is 2.29. The van der Waals surface area contributed by atoms with Gasteiger partial charge in [-0.2, -0.15) is 5.10 Å². The lowest BCUT2D eigenvalue weighted by molar-refractivity contribution is -0.384. The van der Waals surface area contributed by atoms with Gasteiger partial charge in [0.25, 0.3) is 5.69 Å². The summed E-state index contributed by atoms with van der Waals surface area (Å²) in [6.07, 6.45) is 4.16. The smallest absolute Gasteiger partial charge is 0.293 e. The summed E-state index contributed by atoms with van der Waals surface area (Å²) in [7, 11) is -1.78. The minimum Gasteiger partial charge on any atom is -0.347 e. The van der Waals surface area contributed by atoms with Crippen LogP contribution in [0.4, 0.5) is 17.1 Å². The maximum absolute atomic E-state index is 11.4. The summed E-state index contributed by atoms with van der Waals surface area (Å²) in [5.41, 5.74) is 0.467. The fourth-order valence-corrected chi connectivity index (χ4v) is 2.28. The normalized spacial score (nSPS) is 11.3. The highest BCUT2D eigenvalue weighted by molar-refractivity contribution is 7.90. The molecule has 1 heterocycles. The average molecular weight is 296 g/mol. The molecule has 9 heteroatoms. The lowest BCUT2D eigenvalue weighted by Gasteiger charge is -2.06. The Hall–Kier alpha value is -2.42.